The van der Waals surface area contributed by atoms with Gasteiger partial charge in [0, 0.05) is 43.5 Å². The zero-order valence-electron chi connectivity index (χ0n) is 18.7. The van der Waals surface area contributed by atoms with E-state index in [9.17, 15) is 18.8 Å². The minimum absolute atomic E-state index is 0.178. The fourth-order valence-electron chi connectivity index (χ4n) is 4.08. The molecule has 35 heavy (non-hydrogen) atoms. The van der Waals surface area contributed by atoms with Crippen LogP contribution in [-0.4, -0.2) is 59.6 Å². The lowest BCUT2D eigenvalue weighted by atomic mass is 10.2. The number of imide groups is 1. The van der Waals surface area contributed by atoms with Gasteiger partial charge in [-0.2, -0.15) is 0 Å². The van der Waals surface area contributed by atoms with Crippen LogP contribution in [0.2, 0.25) is 0 Å². The van der Waals surface area contributed by atoms with Gasteiger partial charge < -0.3 is 14.2 Å². The number of piperazine rings is 1. The number of para-hydroxylation sites is 1. The number of carbonyl (C=O) groups is 3. The highest BCUT2D eigenvalue weighted by atomic mass is 32.2. The third kappa shape index (κ3) is 5.00. The van der Waals surface area contributed by atoms with Crippen LogP contribution in [0.5, 0.6) is 0 Å². The molecule has 3 amide bonds. The van der Waals surface area contributed by atoms with Crippen molar-refractivity contribution in [2.75, 3.05) is 37.6 Å². The van der Waals surface area contributed by atoms with Gasteiger partial charge in [-0.1, -0.05) is 30.3 Å². The Bertz CT molecular complexity index is 1300. The number of nitrogens with zero attached hydrogens (tertiary/aromatic N) is 3. The molecular formula is C26H22FN3O4S. The van der Waals surface area contributed by atoms with E-state index in [1.54, 1.807) is 29.2 Å². The van der Waals surface area contributed by atoms with E-state index in [0.29, 0.717) is 43.3 Å². The number of hydrogen-bond acceptors (Lipinski definition) is 6. The van der Waals surface area contributed by atoms with Crippen LogP contribution in [0.25, 0.3) is 17.4 Å². The second-order valence-electron chi connectivity index (χ2n) is 8.18. The quantitative estimate of drug-likeness (QED) is 0.491. The third-order valence-corrected chi connectivity index (χ3v) is 6.84. The number of halogens is 1. The van der Waals surface area contributed by atoms with Crippen molar-refractivity contribution in [2.45, 2.75) is 0 Å². The summed E-state index contributed by atoms with van der Waals surface area (Å²) in [6.07, 6.45) is 1.47. The highest BCUT2D eigenvalue weighted by Crippen LogP contribution is 2.33. The third-order valence-electron chi connectivity index (χ3n) is 5.93. The van der Waals surface area contributed by atoms with E-state index in [1.807, 2.05) is 30.3 Å². The molecule has 7 nitrogen and oxygen atoms in total. The van der Waals surface area contributed by atoms with E-state index in [2.05, 4.69) is 4.90 Å². The molecule has 2 aliphatic rings. The molecule has 0 bridgehead atoms. The fourth-order valence-corrected chi connectivity index (χ4v) is 4.90. The molecule has 0 atom stereocenters. The van der Waals surface area contributed by atoms with Crippen LogP contribution in [0.4, 0.5) is 14.9 Å². The van der Waals surface area contributed by atoms with Crippen molar-refractivity contribution in [3.63, 3.8) is 0 Å². The first-order valence-electron chi connectivity index (χ1n) is 11.2. The molecule has 0 saturated carbocycles. The molecule has 9 heteroatoms. The van der Waals surface area contributed by atoms with E-state index >= 15 is 0 Å². The molecule has 5 rings (SSSR count). The Morgan fingerprint density at radius 2 is 1.74 bits per heavy atom. The average molecular weight is 492 g/mol. The zero-order valence-corrected chi connectivity index (χ0v) is 19.5. The molecule has 2 saturated heterocycles. The summed E-state index contributed by atoms with van der Waals surface area (Å²) >= 11 is 0.770. The maximum absolute atomic E-state index is 13.5. The lowest BCUT2D eigenvalue weighted by Crippen LogP contribution is -2.51. The number of furan rings is 1. The van der Waals surface area contributed by atoms with Crippen molar-refractivity contribution in [3.05, 3.63) is 83.2 Å². The molecule has 2 fully saturated rings. The van der Waals surface area contributed by atoms with Crippen LogP contribution in [-0.2, 0) is 9.59 Å². The summed E-state index contributed by atoms with van der Waals surface area (Å²) in [5.74, 6) is -0.363. The topological polar surface area (TPSA) is 74.1 Å². The summed E-state index contributed by atoms with van der Waals surface area (Å²) in [7, 11) is 0. The Morgan fingerprint density at radius 3 is 2.49 bits per heavy atom. The number of anilines is 1. The smallest absolute Gasteiger partial charge is 0.294 e. The summed E-state index contributed by atoms with van der Waals surface area (Å²) in [5, 5.41) is -0.491. The normalized spacial score (nSPS) is 17.5. The summed E-state index contributed by atoms with van der Waals surface area (Å²) in [5.41, 5.74) is 1.67. The fraction of sp³-hybridized carbons (Fsp3) is 0.192. The zero-order chi connectivity index (χ0) is 24.4. The first kappa shape index (κ1) is 22.9. The highest BCUT2D eigenvalue weighted by Gasteiger charge is 2.37. The van der Waals surface area contributed by atoms with Crippen molar-refractivity contribution >= 4 is 40.6 Å². The van der Waals surface area contributed by atoms with E-state index in [-0.39, 0.29) is 23.2 Å². The number of thioether (sulfide) groups is 1. The van der Waals surface area contributed by atoms with Crippen molar-refractivity contribution in [1.82, 2.24) is 9.80 Å². The number of rotatable bonds is 5. The minimum atomic E-state index is -0.528. The van der Waals surface area contributed by atoms with Crippen molar-refractivity contribution in [1.29, 1.82) is 0 Å². The molecule has 3 aromatic rings. The van der Waals surface area contributed by atoms with Crippen LogP contribution < -0.4 is 4.90 Å². The van der Waals surface area contributed by atoms with Crippen LogP contribution in [0.1, 0.15) is 5.76 Å². The first-order chi connectivity index (χ1) is 17.0. The van der Waals surface area contributed by atoms with Gasteiger partial charge in [-0.15, -0.1) is 0 Å². The number of hydrogen-bond donors (Lipinski definition) is 0. The van der Waals surface area contributed by atoms with Gasteiger partial charge in [-0.05, 0) is 48.2 Å². The predicted molar refractivity (Wildman–Crippen MR) is 132 cm³/mol. The Morgan fingerprint density at radius 1 is 0.971 bits per heavy atom. The second kappa shape index (κ2) is 9.79. The van der Waals surface area contributed by atoms with Gasteiger partial charge in [-0.25, -0.2) is 4.39 Å². The lowest BCUT2D eigenvalue weighted by molar-refractivity contribution is -0.136. The predicted octanol–water partition coefficient (Wildman–Crippen LogP) is 4.47. The molecule has 0 unspecified atom stereocenters. The minimum Gasteiger partial charge on any atom is -0.457 e. The molecule has 2 aromatic carbocycles. The van der Waals surface area contributed by atoms with Crippen LogP contribution in [0.15, 0.2) is 76.1 Å². The van der Waals surface area contributed by atoms with Gasteiger partial charge in [-0.3, -0.25) is 19.3 Å². The van der Waals surface area contributed by atoms with Crippen molar-refractivity contribution in [2.24, 2.45) is 0 Å². The van der Waals surface area contributed by atoms with Gasteiger partial charge in [0.05, 0.1) is 4.91 Å². The van der Waals surface area contributed by atoms with E-state index in [4.69, 9.17) is 4.42 Å². The number of benzene rings is 2. The number of amides is 3. The summed E-state index contributed by atoms with van der Waals surface area (Å²) in [6, 6.07) is 19.3. The second-order valence-corrected chi connectivity index (χ2v) is 9.18. The Hall–Kier alpha value is -3.85. The van der Waals surface area contributed by atoms with Crippen LogP contribution >= 0.6 is 11.8 Å². The molecular weight excluding hydrogens is 469 g/mol. The summed E-state index contributed by atoms with van der Waals surface area (Å²) in [6.45, 7) is 2.12. The molecule has 2 aliphatic heterocycles. The van der Waals surface area contributed by atoms with Gasteiger partial charge in [0.1, 0.15) is 23.9 Å². The molecule has 0 aliphatic carbocycles. The maximum Gasteiger partial charge on any atom is 0.294 e. The Kier molecular flexibility index (Phi) is 6.41. The van der Waals surface area contributed by atoms with Gasteiger partial charge >= 0.3 is 0 Å². The van der Waals surface area contributed by atoms with Crippen molar-refractivity contribution in [3.8, 4) is 11.3 Å². The van der Waals surface area contributed by atoms with Crippen molar-refractivity contribution < 1.29 is 23.2 Å². The van der Waals surface area contributed by atoms with Crippen LogP contribution in [0, 0.1) is 5.82 Å². The maximum atomic E-state index is 13.5. The van der Waals surface area contributed by atoms with Crippen LogP contribution in [0.3, 0.4) is 0 Å². The Labute approximate surface area is 205 Å². The molecule has 1 aromatic heterocycles. The summed E-state index contributed by atoms with van der Waals surface area (Å²) in [4.78, 5) is 43.2. The molecule has 0 N–H and O–H groups in total. The summed E-state index contributed by atoms with van der Waals surface area (Å²) < 4.78 is 19.2. The number of carbonyl (C=O) groups excluding carboxylic acids is 3. The highest BCUT2D eigenvalue weighted by molar-refractivity contribution is 8.18. The van der Waals surface area contributed by atoms with E-state index in [1.165, 1.54) is 18.2 Å². The molecule has 178 valence electrons. The van der Waals surface area contributed by atoms with Gasteiger partial charge in [0.2, 0.25) is 5.91 Å². The molecule has 0 spiro atoms. The van der Waals surface area contributed by atoms with E-state index < -0.39 is 11.1 Å². The molecule has 0 radical (unpaired) electrons. The largest absolute Gasteiger partial charge is 0.457 e. The Balaban J connectivity index is 1.21. The first-order valence-corrected chi connectivity index (χ1v) is 12.0. The monoisotopic (exact) mass is 491 g/mol. The SMILES string of the molecule is O=C(CN1C(=O)SC(=Cc2ccc(-c3cccc(F)c3)o2)C1=O)N1CCN(c2ccccc2)CC1. The molecule has 3 heterocycles. The average Bonchev–Trinajstić information content (AvgIpc) is 3.45. The lowest BCUT2D eigenvalue weighted by Gasteiger charge is -2.36. The van der Waals surface area contributed by atoms with E-state index in [0.717, 1.165) is 22.3 Å². The standard InChI is InChI=1S/C26H22FN3O4S/c27-19-6-4-5-18(15-19)22-10-9-21(34-22)16-23-25(32)30(26(33)35-23)17-24(31)29-13-11-28(12-14-29)20-7-2-1-3-8-20/h1-10,15-16H,11-14,17H2. The van der Waals surface area contributed by atoms with Gasteiger partial charge in [0.15, 0.2) is 0 Å². The van der Waals surface area contributed by atoms with Gasteiger partial charge in [0.25, 0.3) is 11.1 Å².